The highest BCUT2D eigenvalue weighted by atomic mass is 32.2. The quantitative estimate of drug-likeness (QED) is 0.365. The molecule has 1 aliphatic heterocycles. The van der Waals surface area contributed by atoms with Crippen LogP contribution in [-0.2, 0) is 9.59 Å². The van der Waals surface area contributed by atoms with Gasteiger partial charge in [-0.05, 0) is 23.5 Å². The first-order valence-corrected chi connectivity index (χ1v) is 11.5. The third kappa shape index (κ3) is 3.86. The fourth-order valence-corrected chi connectivity index (χ4v) is 5.79. The summed E-state index contributed by atoms with van der Waals surface area (Å²) in [6, 6.07) is 6.38. The van der Waals surface area contributed by atoms with Gasteiger partial charge in [0.1, 0.15) is 5.82 Å². The number of rotatable bonds is 5. The highest BCUT2D eigenvalue weighted by Crippen LogP contribution is 2.49. The minimum atomic E-state index is -0.573. The number of ketones is 1. The first-order valence-electron chi connectivity index (χ1n) is 9.71. The molecule has 2 heterocycles. The Morgan fingerprint density at radius 1 is 1.30 bits per heavy atom. The summed E-state index contributed by atoms with van der Waals surface area (Å²) in [5, 5.41) is 8.85. The minimum Gasteiger partial charge on any atom is -0.294 e. The van der Waals surface area contributed by atoms with Crippen molar-refractivity contribution in [2.45, 2.75) is 43.4 Å². The van der Waals surface area contributed by atoms with Gasteiger partial charge in [0.25, 0.3) is 0 Å². The van der Waals surface area contributed by atoms with Crippen molar-refractivity contribution in [1.29, 1.82) is 0 Å². The second kappa shape index (κ2) is 8.07. The molecular weight excluding hydrogens is 421 g/mol. The number of amides is 1. The van der Waals surface area contributed by atoms with Gasteiger partial charge in [-0.25, -0.2) is 4.39 Å². The van der Waals surface area contributed by atoms with Crippen molar-refractivity contribution < 1.29 is 14.0 Å². The second-order valence-corrected chi connectivity index (χ2v) is 10.5. The van der Waals surface area contributed by atoms with E-state index in [-0.39, 0.29) is 23.5 Å². The molecule has 0 radical (unpaired) electrons. The summed E-state index contributed by atoms with van der Waals surface area (Å²) in [5.41, 5.74) is 1.27. The summed E-state index contributed by atoms with van der Waals surface area (Å²) in [5.74, 6) is -0.498. The van der Waals surface area contributed by atoms with Crippen molar-refractivity contribution in [3.05, 3.63) is 59.6 Å². The predicted octanol–water partition coefficient (Wildman–Crippen LogP) is 5.12. The van der Waals surface area contributed by atoms with Crippen LogP contribution in [-0.4, -0.2) is 27.6 Å². The molecule has 0 saturated carbocycles. The molecule has 2 aliphatic rings. The lowest BCUT2D eigenvalue weighted by molar-refractivity contribution is -0.121. The van der Waals surface area contributed by atoms with Crippen molar-refractivity contribution in [2.75, 3.05) is 10.7 Å². The summed E-state index contributed by atoms with van der Waals surface area (Å²) < 4.78 is 15.3. The maximum absolute atomic E-state index is 14.6. The first-order chi connectivity index (χ1) is 14.3. The van der Waals surface area contributed by atoms with Gasteiger partial charge in [0, 0.05) is 35.8 Å². The molecule has 8 heteroatoms. The van der Waals surface area contributed by atoms with E-state index in [2.05, 4.69) is 16.8 Å². The minimum absolute atomic E-state index is 0.0284. The summed E-state index contributed by atoms with van der Waals surface area (Å²) in [7, 11) is 0. The molecule has 1 unspecified atom stereocenters. The molecule has 156 valence electrons. The number of carbonyl (C=O) groups is 2. The SMILES string of the molecule is C=CCSc1nnc(N2C(=O)CC(c3ccccc3F)C3=C2CC(C)(C)CC3=O)s1. The van der Waals surface area contributed by atoms with E-state index < -0.39 is 11.7 Å². The third-order valence-electron chi connectivity index (χ3n) is 5.34. The van der Waals surface area contributed by atoms with Gasteiger partial charge in [-0.3, -0.25) is 14.5 Å². The molecule has 30 heavy (non-hydrogen) atoms. The molecule has 1 amide bonds. The van der Waals surface area contributed by atoms with Crippen molar-refractivity contribution in [2.24, 2.45) is 5.41 Å². The molecule has 4 rings (SSSR count). The van der Waals surface area contributed by atoms with Crippen LogP contribution in [0.4, 0.5) is 9.52 Å². The Hall–Kier alpha value is -2.32. The average Bonchev–Trinajstić information content (AvgIpc) is 3.13. The molecule has 5 nitrogen and oxygen atoms in total. The topological polar surface area (TPSA) is 63.2 Å². The number of carbonyl (C=O) groups excluding carboxylic acids is 2. The van der Waals surface area contributed by atoms with Crippen molar-refractivity contribution in [3.8, 4) is 0 Å². The summed E-state index contributed by atoms with van der Waals surface area (Å²) in [6.07, 6.45) is 2.72. The van der Waals surface area contributed by atoms with Crippen LogP contribution >= 0.6 is 23.1 Å². The number of benzene rings is 1. The Morgan fingerprint density at radius 2 is 2.07 bits per heavy atom. The average molecular weight is 444 g/mol. The molecular formula is C22H22FN3O2S2. The van der Waals surface area contributed by atoms with E-state index in [1.807, 2.05) is 13.8 Å². The number of hydrogen-bond donors (Lipinski definition) is 0. The first kappa shape index (κ1) is 20.9. The fraction of sp³-hybridized carbons (Fsp3) is 0.364. The van der Waals surface area contributed by atoms with Crippen molar-refractivity contribution >= 4 is 39.9 Å². The monoisotopic (exact) mass is 443 g/mol. The largest absolute Gasteiger partial charge is 0.294 e. The highest BCUT2D eigenvalue weighted by Gasteiger charge is 2.45. The highest BCUT2D eigenvalue weighted by molar-refractivity contribution is 8.01. The normalized spacial score (nSPS) is 21.0. The van der Waals surface area contributed by atoms with E-state index in [4.69, 9.17) is 0 Å². The molecule has 1 aliphatic carbocycles. The lowest BCUT2D eigenvalue weighted by Crippen LogP contribution is -2.43. The van der Waals surface area contributed by atoms with Gasteiger partial charge >= 0.3 is 0 Å². The van der Waals surface area contributed by atoms with Crippen LogP contribution in [0.5, 0.6) is 0 Å². The van der Waals surface area contributed by atoms with Crippen LogP contribution < -0.4 is 4.90 Å². The molecule has 0 saturated heterocycles. The van der Waals surface area contributed by atoms with E-state index >= 15 is 0 Å². The summed E-state index contributed by atoms with van der Waals surface area (Å²) >= 11 is 2.81. The number of allylic oxidation sites excluding steroid dienone is 2. The molecule has 1 aromatic heterocycles. The van der Waals surface area contributed by atoms with Gasteiger partial charge < -0.3 is 0 Å². The van der Waals surface area contributed by atoms with Crippen molar-refractivity contribution in [1.82, 2.24) is 10.2 Å². The summed E-state index contributed by atoms with van der Waals surface area (Å²) in [6.45, 7) is 7.72. The standard InChI is InChI=1S/C22H22FN3O2S2/c1-4-9-29-21-25-24-20(30-21)26-16-11-22(2,3)12-17(27)19(16)14(10-18(26)28)13-7-5-6-8-15(13)23/h4-8,14H,1,9-12H2,2-3H3. The van der Waals surface area contributed by atoms with Crippen LogP contribution in [0.2, 0.25) is 0 Å². The molecule has 0 N–H and O–H groups in total. The van der Waals surface area contributed by atoms with E-state index in [0.29, 0.717) is 40.6 Å². The number of halogens is 1. The summed E-state index contributed by atoms with van der Waals surface area (Å²) in [4.78, 5) is 28.0. The van der Waals surface area contributed by atoms with Gasteiger partial charge in [-0.1, -0.05) is 61.2 Å². The predicted molar refractivity (Wildman–Crippen MR) is 117 cm³/mol. The number of nitrogens with zero attached hydrogens (tertiary/aromatic N) is 3. The van der Waals surface area contributed by atoms with Gasteiger partial charge in [0.2, 0.25) is 11.0 Å². The van der Waals surface area contributed by atoms with Crippen LogP contribution in [0, 0.1) is 11.2 Å². The Kier molecular flexibility index (Phi) is 5.63. The maximum atomic E-state index is 14.6. The van der Waals surface area contributed by atoms with E-state index in [1.54, 1.807) is 29.2 Å². The number of hydrogen-bond acceptors (Lipinski definition) is 6. The molecule has 0 fully saturated rings. The molecule has 2 aromatic rings. The zero-order valence-electron chi connectivity index (χ0n) is 16.9. The van der Waals surface area contributed by atoms with Crippen LogP contribution in [0.1, 0.15) is 44.6 Å². The van der Waals surface area contributed by atoms with E-state index in [1.165, 1.54) is 29.2 Å². The van der Waals surface area contributed by atoms with Crippen molar-refractivity contribution in [3.63, 3.8) is 0 Å². The van der Waals surface area contributed by atoms with Gasteiger partial charge in [0.15, 0.2) is 10.1 Å². The lowest BCUT2D eigenvalue weighted by Gasteiger charge is -2.41. The van der Waals surface area contributed by atoms with Gasteiger partial charge in [0.05, 0.1) is 0 Å². The van der Waals surface area contributed by atoms with Crippen LogP contribution in [0.25, 0.3) is 0 Å². The lowest BCUT2D eigenvalue weighted by atomic mass is 9.69. The molecule has 1 atom stereocenters. The fourth-order valence-electron chi connectivity index (χ4n) is 4.14. The zero-order chi connectivity index (χ0) is 21.5. The van der Waals surface area contributed by atoms with E-state index in [9.17, 15) is 14.0 Å². The molecule has 0 bridgehead atoms. The number of aromatic nitrogens is 2. The Bertz CT molecular complexity index is 1060. The third-order valence-corrected chi connectivity index (χ3v) is 7.37. The van der Waals surface area contributed by atoms with Gasteiger partial charge in [-0.15, -0.1) is 16.8 Å². The number of anilines is 1. The number of thioether (sulfide) groups is 1. The Labute approximate surface area is 183 Å². The molecule has 0 spiro atoms. The van der Waals surface area contributed by atoms with Crippen LogP contribution in [0.15, 0.2) is 52.5 Å². The van der Waals surface area contributed by atoms with Gasteiger partial charge in [-0.2, -0.15) is 0 Å². The Balaban J connectivity index is 1.83. The molecule has 1 aromatic carbocycles. The zero-order valence-corrected chi connectivity index (χ0v) is 18.5. The maximum Gasteiger partial charge on any atom is 0.234 e. The van der Waals surface area contributed by atoms with Crippen LogP contribution in [0.3, 0.4) is 0 Å². The Morgan fingerprint density at radius 3 is 2.80 bits per heavy atom. The number of Topliss-reactive ketones (excluding diaryl/α,β-unsaturated/α-hetero) is 1. The smallest absolute Gasteiger partial charge is 0.234 e. The second-order valence-electron chi connectivity index (χ2n) is 8.26. The van der Waals surface area contributed by atoms with E-state index in [0.717, 1.165) is 4.34 Å².